The first kappa shape index (κ1) is 22.5. The van der Waals surface area contributed by atoms with Crippen LogP contribution in [-0.4, -0.2) is 33.1 Å². The molecule has 4 aromatic rings. The van der Waals surface area contributed by atoms with Gasteiger partial charge in [0, 0.05) is 57.3 Å². The van der Waals surface area contributed by atoms with Crippen molar-refractivity contribution in [2.75, 3.05) is 5.32 Å². The Hall–Kier alpha value is -4.26. The van der Waals surface area contributed by atoms with Gasteiger partial charge in [-0.15, -0.1) is 0 Å². The number of carbonyl (C=O) groups is 1. The minimum absolute atomic E-state index is 0.115. The number of nitrogens with one attached hydrogen (secondary N) is 1. The molecular weight excluding hydrogens is 440 g/mol. The minimum Gasteiger partial charge on any atom is -0.393 e. The number of aliphatic hydroxyl groups is 1. The molecule has 0 atom stereocenters. The number of hydrogen-bond acceptors (Lipinski definition) is 5. The molecule has 0 aliphatic heterocycles. The predicted molar refractivity (Wildman–Crippen MR) is 136 cm³/mol. The maximum atomic E-state index is 12.5. The Morgan fingerprint density at radius 2 is 1.86 bits per heavy atom. The highest BCUT2D eigenvalue weighted by atomic mass is 16.3. The van der Waals surface area contributed by atoms with Gasteiger partial charge in [0.05, 0.1) is 11.8 Å². The molecule has 8 heteroatoms. The number of aromatic nitrogens is 2. The number of rotatable bonds is 5. The molecule has 8 nitrogen and oxygen atoms in total. The molecule has 1 amide bonds. The summed E-state index contributed by atoms with van der Waals surface area (Å²) in [5.74, 6) is -0.637. The molecule has 1 saturated carbocycles. The van der Waals surface area contributed by atoms with E-state index in [2.05, 4.69) is 31.4 Å². The van der Waals surface area contributed by atoms with E-state index < -0.39 is 5.91 Å². The summed E-state index contributed by atoms with van der Waals surface area (Å²) in [7, 11) is 0. The van der Waals surface area contributed by atoms with E-state index in [-0.39, 0.29) is 12.1 Å². The van der Waals surface area contributed by atoms with Crippen LogP contribution >= 0.6 is 0 Å². The zero-order valence-electron chi connectivity index (χ0n) is 19.0. The van der Waals surface area contributed by atoms with Crippen molar-refractivity contribution < 1.29 is 9.90 Å². The number of azide groups is 1. The smallest absolute Gasteiger partial charge is 0.251 e. The first-order valence-electron chi connectivity index (χ1n) is 11.6. The molecule has 2 heterocycles. The molecule has 1 fully saturated rings. The third-order valence-electron chi connectivity index (χ3n) is 6.49. The van der Waals surface area contributed by atoms with E-state index >= 15 is 0 Å². The van der Waals surface area contributed by atoms with Crippen molar-refractivity contribution in [2.24, 2.45) is 5.11 Å². The van der Waals surface area contributed by atoms with E-state index in [0.717, 1.165) is 46.0 Å². The van der Waals surface area contributed by atoms with Gasteiger partial charge in [0.1, 0.15) is 0 Å². The maximum Gasteiger partial charge on any atom is 0.251 e. The highest BCUT2D eigenvalue weighted by Crippen LogP contribution is 2.35. The van der Waals surface area contributed by atoms with Crippen molar-refractivity contribution >= 4 is 22.4 Å². The lowest BCUT2D eigenvalue weighted by atomic mass is 9.92. The highest BCUT2D eigenvalue weighted by molar-refractivity contribution is 6.05. The van der Waals surface area contributed by atoms with E-state index in [4.69, 9.17) is 5.53 Å². The fourth-order valence-electron chi connectivity index (χ4n) is 4.74. The number of amides is 1. The van der Waals surface area contributed by atoms with Crippen molar-refractivity contribution in [3.8, 4) is 22.4 Å². The van der Waals surface area contributed by atoms with E-state index in [0.29, 0.717) is 24.1 Å². The summed E-state index contributed by atoms with van der Waals surface area (Å²) >= 11 is 0. The minimum atomic E-state index is -0.637. The second-order valence-corrected chi connectivity index (χ2v) is 8.71. The first-order valence-corrected chi connectivity index (χ1v) is 11.6. The zero-order chi connectivity index (χ0) is 24.2. The Kier molecular flexibility index (Phi) is 6.39. The number of aliphatic hydroxyl groups excluding tert-OH is 1. The summed E-state index contributed by atoms with van der Waals surface area (Å²) in [6, 6.07) is 17.6. The lowest BCUT2D eigenvalue weighted by Crippen LogP contribution is -2.28. The Labute approximate surface area is 202 Å². The molecule has 35 heavy (non-hydrogen) atoms. The molecule has 2 N–H and O–H groups in total. The summed E-state index contributed by atoms with van der Waals surface area (Å²) in [5.41, 5.74) is 13.4. The van der Waals surface area contributed by atoms with E-state index in [1.54, 1.807) is 18.5 Å². The summed E-state index contributed by atoms with van der Waals surface area (Å²) in [6.45, 7) is 0. The Bertz CT molecular complexity index is 1420. The fourth-order valence-corrected chi connectivity index (χ4v) is 4.74. The van der Waals surface area contributed by atoms with Crippen LogP contribution in [-0.2, 0) is 0 Å². The maximum absolute atomic E-state index is 12.5. The van der Waals surface area contributed by atoms with Crippen LogP contribution < -0.4 is 5.32 Å². The van der Waals surface area contributed by atoms with Crippen LogP contribution in [0.25, 0.3) is 43.6 Å². The number of fused-ring (bicyclic) bond motifs is 1. The van der Waals surface area contributed by atoms with Gasteiger partial charge in [-0.25, -0.2) is 0 Å². The molecule has 0 unspecified atom stereocenters. The number of benzene rings is 2. The van der Waals surface area contributed by atoms with Crippen molar-refractivity contribution in [3.63, 3.8) is 0 Å². The van der Waals surface area contributed by atoms with Gasteiger partial charge >= 0.3 is 0 Å². The summed E-state index contributed by atoms with van der Waals surface area (Å²) in [6.07, 6.45) is 8.10. The quantitative estimate of drug-likeness (QED) is 0.209. The average molecular weight is 465 g/mol. The molecule has 1 aliphatic carbocycles. The standard InChI is InChI=1S/C27H24N6O2/c28-33-32-27(35)24-11-6-17(15-25(24)31-19-7-9-20(34)10-8-19)26-23-5-1-4-21(22(23)12-14-30-26)18-3-2-13-29-16-18/h1-6,11-16,19-20,31,34H,7-10H2. The summed E-state index contributed by atoms with van der Waals surface area (Å²) in [4.78, 5) is 24.1. The molecule has 0 saturated heterocycles. The molecule has 0 radical (unpaired) electrons. The van der Waals surface area contributed by atoms with E-state index in [9.17, 15) is 9.90 Å². The van der Waals surface area contributed by atoms with Gasteiger partial charge in [0.25, 0.3) is 5.91 Å². The van der Waals surface area contributed by atoms with Crippen LogP contribution in [0.2, 0.25) is 0 Å². The lowest BCUT2D eigenvalue weighted by Gasteiger charge is -2.28. The van der Waals surface area contributed by atoms with Gasteiger partial charge in [0.2, 0.25) is 0 Å². The SMILES string of the molecule is [N-]=[N+]=NC(=O)c1ccc(-c2nccc3c(-c4cccnc4)cccc23)cc1NC1CCC(O)CC1. The number of pyridine rings is 2. The third kappa shape index (κ3) is 4.71. The second kappa shape index (κ2) is 9.93. The summed E-state index contributed by atoms with van der Waals surface area (Å²) in [5, 5.41) is 18.6. The van der Waals surface area contributed by atoms with Gasteiger partial charge in [-0.1, -0.05) is 30.3 Å². The molecule has 174 valence electrons. The molecular formula is C27H24N6O2. The van der Waals surface area contributed by atoms with Gasteiger partial charge in [-0.3, -0.25) is 14.8 Å². The van der Waals surface area contributed by atoms with Gasteiger partial charge < -0.3 is 10.4 Å². The van der Waals surface area contributed by atoms with Crippen molar-refractivity contribution in [2.45, 2.75) is 37.8 Å². The fraction of sp³-hybridized carbons (Fsp3) is 0.222. The Morgan fingerprint density at radius 1 is 1.00 bits per heavy atom. The van der Waals surface area contributed by atoms with Crippen LogP contribution in [0.15, 0.2) is 78.3 Å². The van der Waals surface area contributed by atoms with Crippen molar-refractivity contribution in [1.29, 1.82) is 0 Å². The number of anilines is 1. The third-order valence-corrected chi connectivity index (χ3v) is 6.49. The largest absolute Gasteiger partial charge is 0.393 e. The number of nitrogens with zero attached hydrogens (tertiary/aromatic N) is 5. The van der Waals surface area contributed by atoms with Crippen LogP contribution in [0.3, 0.4) is 0 Å². The number of carbonyl (C=O) groups excluding carboxylic acids is 1. The van der Waals surface area contributed by atoms with Gasteiger partial charge in [-0.05, 0) is 71.5 Å². The highest BCUT2D eigenvalue weighted by Gasteiger charge is 2.22. The Morgan fingerprint density at radius 3 is 2.63 bits per heavy atom. The van der Waals surface area contributed by atoms with Crippen molar-refractivity contribution in [1.82, 2.24) is 9.97 Å². The van der Waals surface area contributed by atoms with Crippen LogP contribution in [0.1, 0.15) is 36.0 Å². The average Bonchev–Trinajstić information content (AvgIpc) is 2.90. The van der Waals surface area contributed by atoms with Crippen LogP contribution in [0.4, 0.5) is 5.69 Å². The van der Waals surface area contributed by atoms with Gasteiger partial charge in [0.15, 0.2) is 0 Å². The molecule has 2 aromatic heterocycles. The summed E-state index contributed by atoms with van der Waals surface area (Å²) < 4.78 is 0. The molecule has 5 rings (SSSR count). The van der Waals surface area contributed by atoms with Crippen LogP contribution in [0.5, 0.6) is 0 Å². The lowest BCUT2D eigenvalue weighted by molar-refractivity contribution is 0.100. The monoisotopic (exact) mass is 464 g/mol. The van der Waals surface area contributed by atoms with Gasteiger partial charge in [-0.2, -0.15) is 0 Å². The predicted octanol–water partition coefficient (Wildman–Crippen LogP) is 6.13. The zero-order valence-corrected chi connectivity index (χ0v) is 19.0. The number of hydrogen-bond donors (Lipinski definition) is 2. The first-order chi connectivity index (χ1) is 17.1. The van der Waals surface area contributed by atoms with Crippen molar-refractivity contribution in [3.05, 3.63) is 89.2 Å². The topological polar surface area (TPSA) is 124 Å². The molecule has 0 bridgehead atoms. The molecule has 0 spiro atoms. The Balaban J connectivity index is 1.60. The molecule has 1 aliphatic rings. The normalized spacial score (nSPS) is 17.5. The van der Waals surface area contributed by atoms with Crippen LogP contribution in [0, 0.1) is 0 Å². The van der Waals surface area contributed by atoms with E-state index in [1.807, 2.05) is 48.7 Å². The second-order valence-electron chi connectivity index (χ2n) is 8.71. The van der Waals surface area contributed by atoms with E-state index in [1.165, 1.54) is 0 Å². The molecule has 2 aromatic carbocycles.